The number of ether oxygens (including phenoxy) is 1. The Balaban J connectivity index is 1.30. The highest BCUT2D eigenvalue weighted by atomic mass is 16.5. The number of piperazine rings is 1. The second-order valence-electron chi connectivity index (χ2n) is 8.62. The van der Waals surface area contributed by atoms with Gasteiger partial charge in [-0.1, -0.05) is 6.07 Å². The third-order valence-electron chi connectivity index (χ3n) is 6.67. The molecule has 3 saturated heterocycles. The summed E-state index contributed by atoms with van der Waals surface area (Å²) < 4.78 is 5.27. The molecule has 8 nitrogen and oxygen atoms in total. The lowest BCUT2D eigenvalue weighted by Crippen LogP contribution is -2.58. The average molecular weight is 416 g/mol. The standard InChI is InChI=1S/C22H33N5O3/c1-30-15-19-6-4-10-26(19)21(28)8-7-18-13-25-22(29)20-11-17(14-27(18)20)24-12-16-5-2-3-9-23-16/h2-3,5,9,17-20,24H,4,6-8,10-15H2,1H3,(H,25,29)/t17-,18+,19+,20-/m0/s1. The number of fused-ring (bicyclic) bond motifs is 1. The highest BCUT2D eigenvalue weighted by molar-refractivity contribution is 5.83. The van der Waals surface area contributed by atoms with E-state index in [1.165, 1.54) is 0 Å². The summed E-state index contributed by atoms with van der Waals surface area (Å²) >= 11 is 0. The fraction of sp³-hybridized carbons (Fsp3) is 0.682. The van der Waals surface area contributed by atoms with Crippen LogP contribution in [0.5, 0.6) is 0 Å². The third kappa shape index (κ3) is 4.82. The van der Waals surface area contributed by atoms with Crippen molar-refractivity contribution in [2.75, 3.05) is 33.4 Å². The Bertz CT molecular complexity index is 731. The van der Waals surface area contributed by atoms with Gasteiger partial charge in [0.05, 0.1) is 24.4 Å². The van der Waals surface area contributed by atoms with Crippen LogP contribution in [-0.4, -0.2) is 84.1 Å². The van der Waals surface area contributed by atoms with Crippen molar-refractivity contribution < 1.29 is 14.3 Å². The average Bonchev–Trinajstić information content (AvgIpc) is 3.40. The van der Waals surface area contributed by atoms with Crippen molar-refractivity contribution in [3.05, 3.63) is 30.1 Å². The van der Waals surface area contributed by atoms with Gasteiger partial charge in [0, 0.05) is 58.0 Å². The minimum absolute atomic E-state index is 0.104. The summed E-state index contributed by atoms with van der Waals surface area (Å²) in [6.45, 7) is 3.60. The van der Waals surface area contributed by atoms with E-state index in [0.29, 0.717) is 26.1 Å². The number of carbonyl (C=O) groups excluding carboxylic acids is 2. The van der Waals surface area contributed by atoms with Crippen LogP contribution in [0.25, 0.3) is 0 Å². The first-order valence-corrected chi connectivity index (χ1v) is 11.1. The van der Waals surface area contributed by atoms with E-state index < -0.39 is 0 Å². The van der Waals surface area contributed by atoms with Gasteiger partial charge in [0.1, 0.15) is 0 Å². The number of nitrogens with zero attached hydrogens (tertiary/aromatic N) is 3. The van der Waals surface area contributed by atoms with Crippen molar-refractivity contribution in [2.45, 2.75) is 62.8 Å². The predicted molar refractivity (Wildman–Crippen MR) is 113 cm³/mol. The molecule has 1 aromatic rings. The monoisotopic (exact) mass is 415 g/mol. The lowest BCUT2D eigenvalue weighted by Gasteiger charge is -2.37. The first-order chi connectivity index (χ1) is 14.7. The van der Waals surface area contributed by atoms with Crippen molar-refractivity contribution in [3.63, 3.8) is 0 Å². The maximum absolute atomic E-state index is 12.8. The normalized spacial score (nSPS) is 29.1. The molecule has 0 radical (unpaired) electrons. The SMILES string of the molecule is COC[C@H]1CCCN1C(=O)CC[C@@H]1CNC(=O)[C@@H]2C[C@H](NCc3ccccn3)CN12. The van der Waals surface area contributed by atoms with Gasteiger partial charge in [0.2, 0.25) is 11.8 Å². The zero-order chi connectivity index (χ0) is 20.9. The minimum Gasteiger partial charge on any atom is -0.383 e. The van der Waals surface area contributed by atoms with Gasteiger partial charge in [-0.3, -0.25) is 19.5 Å². The molecule has 4 rings (SSSR count). The molecule has 0 aliphatic carbocycles. The van der Waals surface area contributed by atoms with Crippen molar-refractivity contribution in [1.29, 1.82) is 0 Å². The number of aromatic nitrogens is 1. The Hall–Kier alpha value is -2.03. The highest BCUT2D eigenvalue weighted by Crippen LogP contribution is 2.27. The van der Waals surface area contributed by atoms with Gasteiger partial charge in [-0.15, -0.1) is 0 Å². The van der Waals surface area contributed by atoms with Crippen LogP contribution >= 0.6 is 0 Å². The molecule has 164 valence electrons. The number of methoxy groups -OCH3 is 1. The zero-order valence-corrected chi connectivity index (χ0v) is 17.8. The molecule has 0 aromatic carbocycles. The maximum atomic E-state index is 12.8. The fourth-order valence-corrected chi connectivity index (χ4v) is 5.11. The number of carbonyl (C=O) groups is 2. The maximum Gasteiger partial charge on any atom is 0.237 e. The molecule has 2 amide bonds. The topological polar surface area (TPSA) is 86.8 Å². The van der Waals surface area contributed by atoms with Crippen LogP contribution < -0.4 is 10.6 Å². The molecule has 2 N–H and O–H groups in total. The van der Waals surface area contributed by atoms with E-state index in [1.807, 2.05) is 23.1 Å². The molecule has 0 unspecified atom stereocenters. The first kappa shape index (κ1) is 21.2. The summed E-state index contributed by atoms with van der Waals surface area (Å²) in [6.07, 6.45) is 5.97. The Morgan fingerprint density at radius 1 is 1.37 bits per heavy atom. The molecule has 3 fully saturated rings. The lowest BCUT2D eigenvalue weighted by atomic mass is 10.0. The van der Waals surface area contributed by atoms with Gasteiger partial charge in [0.25, 0.3) is 0 Å². The molecule has 4 atom stereocenters. The second-order valence-corrected chi connectivity index (χ2v) is 8.62. The molecule has 4 heterocycles. The number of likely N-dealkylation sites (tertiary alicyclic amines) is 1. The Morgan fingerprint density at radius 2 is 2.27 bits per heavy atom. The summed E-state index contributed by atoms with van der Waals surface area (Å²) in [5.41, 5.74) is 1.00. The fourth-order valence-electron chi connectivity index (χ4n) is 5.11. The highest BCUT2D eigenvalue weighted by Gasteiger charge is 2.43. The van der Waals surface area contributed by atoms with Crippen LogP contribution in [0, 0.1) is 0 Å². The molecule has 0 spiro atoms. The zero-order valence-electron chi connectivity index (χ0n) is 17.8. The lowest BCUT2D eigenvalue weighted by molar-refractivity contribution is -0.133. The molecule has 1 aromatic heterocycles. The van der Waals surface area contributed by atoms with Gasteiger partial charge in [0.15, 0.2) is 0 Å². The number of hydrogen-bond donors (Lipinski definition) is 2. The van der Waals surface area contributed by atoms with Crippen molar-refractivity contribution in [1.82, 2.24) is 25.4 Å². The molecular weight excluding hydrogens is 382 g/mol. The Kier molecular flexibility index (Phi) is 6.97. The van der Waals surface area contributed by atoms with Crippen molar-refractivity contribution in [2.24, 2.45) is 0 Å². The molecule has 0 bridgehead atoms. The van der Waals surface area contributed by atoms with Gasteiger partial charge >= 0.3 is 0 Å². The first-order valence-electron chi connectivity index (χ1n) is 11.1. The van der Waals surface area contributed by atoms with Crippen LogP contribution in [0.2, 0.25) is 0 Å². The molecule has 8 heteroatoms. The van der Waals surface area contributed by atoms with Crippen LogP contribution in [0.15, 0.2) is 24.4 Å². The van der Waals surface area contributed by atoms with Gasteiger partial charge in [-0.2, -0.15) is 0 Å². The number of amides is 2. The van der Waals surface area contributed by atoms with Gasteiger partial charge in [-0.25, -0.2) is 0 Å². The minimum atomic E-state index is -0.104. The number of hydrogen-bond acceptors (Lipinski definition) is 6. The summed E-state index contributed by atoms with van der Waals surface area (Å²) in [5, 5.41) is 6.61. The largest absolute Gasteiger partial charge is 0.383 e. The van der Waals surface area contributed by atoms with Crippen LogP contribution in [0.3, 0.4) is 0 Å². The van der Waals surface area contributed by atoms with Gasteiger partial charge < -0.3 is 20.3 Å². The molecular formula is C22H33N5O3. The summed E-state index contributed by atoms with van der Waals surface area (Å²) in [4.78, 5) is 33.9. The predicted octanol–water partition coefficient (Wildman–Crippen LogP) is 0.530. The summed E-state index contributed by atoms with van der Waals surface area (Å²) in [6, 6.07) is 6.48. The molecule has 3 aliphatic heterocycles. The Morgan fingerprint density at radius 3 is 3.07 bits per heavy atom. The third-order valence-corrected chi connectivity index (χ3v) is 6.67. The molecule has 0 saturated carbocycles. The number of nitrogens with one attached hydrogen (secondary N) is 2. The van der Waals surface area contributed by atoms with E-state index in [9.17, 15) is 9.59 Å². The quantitative estimate of drug-likeness (QED) is 0.644. The van der Waals surface area contributed by atoms with Crippen LogP contribution in [0.1, 0.15) is 37.8 Å². The summed E-state index contributed by atoms with van der Waals surface area (Å²) in [7, 11) is 1.69. The molecule has 30 heavy (non-hydrogen) atoms. The molecule has 3 aliphatic rings. The van der Waals surface area contributed by atoms with Crippen LogP contribution in [-0.2, 0) is 20.9 Å². The van der Waals surface area contributed by atoms with E-state index in [2.05, 4.69) is 20.5 Å². The van der Waals surface area contributed by atoms with Crippen LogP contribution in [0.4, 0.5) is 0 Å². The smallest absolute Gasteiger partial charge is 0.237 e. The second kappa shape index (κ2) is 9.85. The van der Waals surface area contributed by atoms with E-state index in [1.54, 1.807) is 13.3 Å². The van der Waals surface area contributed by atoms with E-state index in [-0.39, 0.29) is 36.0 Å². The number of pyridine rings is 1. The van der Waals surface area contributed by atoms with Crippen molar-refractivity contribution in [3.8, 4) is 0 Å². The Labute approximate surface area is 178 Å². The van der Waals surface area contributed by atoms with Crippen molar-refractivity contribution >= 4 is 11.8 Å². The van der Waals surface area contributed by atoms with E-state index in [4.69, 9.17) is 4.74 Å². The number of rotatable bonds is 8. The summed E-state index contributed by atoms with van der Waals surface area (Å²) in [5.74, 6) is 0.325. The van der Waals surface area contributed by atoms with Gasteiger partial charge in [-0.05, 0) is 37.8 Å². The van der Waals surface area contributed by atoms with E-state index in [0.717, 1.165) is 44.5 Å². The van der Waals surface area contributed by atoms with E-state index >= 15 is 0 Å².